The Kier molecular flexibility index (Phi) is 7.00. The summed E-state index contributed by atoms with van der Waals surface area (Å²) >= 11 is 0. The lowest BCUT2D eigenvalue weighted by atomic mass is 10.2. The van der Waals surface area contributed by atoms with Crippen LogP contribution in [0.25, 0.3) is 0 Å². The highest BCUT2D eigenvalue weighted by Crippen LogP contribution is 2.20. The molecule has 1 saturated heterocycles. The molecule has 0 aliphatic carbocycles. The third-order valence-corrected chi connectivity index (χ3v) is 4.21. The zero-order chi connectivity index (χ0) is 16.5. The summed E-state index contributed by atoms with van der Waals surface area (Å²) in [6.07, 6.45) is 1.13. The zero-order valence-electron chi connectivity index (χ0n) is 14.5. The summed E-state index contributed by atoms with van der Waals surface area (Å²) in [5.74, 6) is 1.77. The van der Waals surface area contributed by atoms with E-state index in [-0.39, 0.29) is 0 Å². The first-order chi connectivity index (χ1) is 11.3. The van der Waals surface area contributed by atoms with Gasteiger partial charge in [-0.3, -0.25) is 9.89 Å². The lowest BCUT2D eigenvalue weighted by molar-refractivity contribution is 0.255. The van der Waals surface area contributed by atoms with Crippen LogP contribution in [0.4, 0.5) is 5.69 Å². The molecule has 0 spiro atoms. The van der Waals surface area contributed by atoms with Gasteiger partial charge in [-0.15, -0.1) is 0 Å². The molecule has 0 atom stereocenters. The Balaban J connectivity index is 1.67. The molecule has 6 heteroatoms. The number of piperazine rings is 1. The van der Waals surface area contributed by atoms with Crippen molar-refractivity contribution in [1.82, 2.24) is 15.5 Å². The molecular weight excluding hydrogens is 290 g/mol. The Morgan fingerprint density at radius 1 is 1.17 bits per heavy atom. The Morgan fingerprint density at radius 3 is 2.43 bits per heavy atom. The van der Waals surface area contributed by atoms with E-state index in [0.717, 1.165) is 57.4 Å². The van der Waals surface area contributed by atoms with Gasteiger partial charge in [0.05, 0.1) is 7.11 Å². The lowest BCUT2D eigenvalue weighted by Gasteiger charge is -2.36. The molecule has 0 saturated carbocycles. The molecule has 1 aromatic rings. The van der Waals surface area contributed by atoms with Gasteiger partial charge in [0.25, 0.3) is 0 Å². The fourth-order valence-corrected chi connectivity index (χ4v) is 2.81. The van der Waals surface area contributed by atoms with Crippen LogP contribution in [0.15, 0.2) is 29.3 Å². The van der Waals surface area contributed by atoms with Crippen LogP contribution in [-0.4, -0.2) is 71.3 Å². The van der Waals surface area contributed by atoms with Gasteiger partial charge in [0, 0.05) is 52.5 Å². The Morgan fingerprint density at radius 2 is 1.87 bits per heavy atom. The van der Waals surface area contributed by atoms with Crippen molar-refractivity contribution in [3.8, 4) is 5.75 Å². The number of hydrogen-bond acceptors (Lipinski definition) is 4. The summed E-state index contributed by atoms with van der Waals surface area (Å²) in [4.78, 5) is 9.09. The highest BCUT2D eigenvalue weighted by molar-refractivity contribution is 5.79. The first-order valence-electron chi connectivity index (χ1n) is 8.26. The maximum absolute atomic E-state index is 5.22. The lowest BCUT2D eigenvalue weighted by Crippen LogP contribution is -2.47. The predicted molar refractivity (Wildman–Crippen MR) is 96.7 cm³/mol. The van der Waals surface area contributed by atoms with Gasteiger partial charge < -0.3 is 20.3 Å². The summed E-state index contributed by atoms with van der Waals surface area (Å²) < 4.78 is 5.22. The third-order valence-electron chi connectivity index (χ3n) is 4.21. The minimum absolute atomic E-state index is 0.856. The van der Waals surface area contributed by atoms with E-state index >= 15 is 0 Å². The molecule has 23 heavy (non-hydrogen) atoms. The summed E-state index contributed by atoms with van der Waals surface area (Å²) in [6.45, 7) is 6.48. The molecule has 0 amide bonds. The summed E-state index contributed by atoms with van der Waals surface area (Å²) in [5.41, 5.74) is 1.28. The third kappa shape index (κ3) is 5.32. The van der Waals surface area contributed by atoms with Crippen molar-refractivity contribution in [2.75, 3.05) is 65.4 Å². The van der Waals surface area contributed by atoms with Crippen LogP contribution in [-0.2, 0) is 0 Å². The molecule has 0 radical (unpaired) electrons. The number of methoxy groups -OCH3 is 1. The molecule has 1 aromatic carbocycles. The molecule has 0 aromatic heterocycles. The van der Waals surface area contributed by atoms with E-state index in [4.69, 9.17) is 4.74 Å². The SMILES string of the molecule is CN=C(NC)NCCCN1CCN(c2ccc(OC)cc2)CC1. The number of benzene rings is 1. The van der Waals surface area contributed by atoms with Crippen LogP contribution in [0.5, 0.6) is 5.75 Å². The van der Waals surface area contributed by atoms with Crippen molar-refractivity contribution in [2.45, 2.75) is 6.42 Å². The highest BCUT2D eigenvalue weighted by Gasteiger charge is 2.16. The number of aliphatic imine (C=N–C) groups is 1. The summed E-state index contributed by atoms with van der Waals surface area (Å²) in [7, 11) is 5.37. The molecular formula is C17H29N5O. The van der Waals surface area contributed by atoms with E-state index in [2.05, 4.69) is 37.6 Å². The second kappa shape index (κ2) is 9.25. The van der Waals surface area contributed by atoms with Gasteiger partial charge in [-0.05, 0) is 37.2 Å². The van der Waals surface area contributed by atoms with Crippen molar-refractivity contribution in [3.63, 3.8) is 0 Å². The van der Waals surface area contributed by atoms with Gasteiger partial charge >= 0.3 is 0 Å². The van der Waals surface area contributed by atoms with Gasteiger partial charge in [-0.2, -0.15) is 0 Å². The monoisotopic (exact) mass is 319 g/mol. The average Bonchev–Trinajstić information content (AvgIpc) is 2.62. The van der Waals surface area contributed by atoms with Crippen LogP contribution < -0.4 is 20.3 Å². The minimum atomic E-state index is 0.856. The van der Waals surface area contributed by atoms with Crippen molar-refractivity contribution in [2.24, 2.45) is 4.99 Å². The number of guanidine groups is 1. The maximum Gasteiger partial charge on any atom is 0.190 e. The molecule has 1 aliphatic rings. The fraction of sp³-hybridized carbons (Fsp3) is 0.588. The second-order valence-corrected chi connectivity index (χ2v) is 5.63. The van der Waals surface area contributed by atoms with E-state index in [0.29, 0.717) is 0 Å². The van der Waals surface area contributed by atoms with E-state index in [1.165, 1.54) is 5.69 Å². The Labute approximate surface area is 139 Å². The quantitative estimate of drug-likeness (QED) is 0.465. The average molecular weight is 319 g/mol. The molecule has 0 unspecified atom stereocenters. The second-order valence-electron chi connectivity index (χ2n) is 5.63. The summed E-state index contributed by atoms with van der Waals surface area (Å²) in [5, 5.41) is 6.33. The smallest absolute Gasteiger partial charge is 0.190 e. The number of hydrogen-bond donors (Lipinski definition) is 2. The predicted octanol–water partition coefficient (Wildman–Crippen LogP) is 1.00. The Hall–Kier alpha value is -1.95. The van der Waals surface area contributed by atoms with Crippen LogP contribution >= 0.6 is 0 Å². The first-order valence-corrected chi connectivity index (χ1v) is 8.26. The van der Waals surface area contributed by atoms with E-state index in [9.17, 15) is 0 Å². The zero-order valence-corrected chi connectivity index (χ0v) is 14.5. The number of nitrogens with zero attached hydrogens (tertiary/aromatic N) is 3. The molecule has 2 rings (SSSR count). The van der Waals surface area contributed by atoms with Crippen LogP contribution in [0.1, 0.15) is 6.42 Å². The van der Waals surface area contributed by atoms with Gasteiger partial charge in [0.2, 0.25) is 0 Å². The summed E-state index contributed by atoms with van der Waals surface area (Å²) in [6, 6.07) is 8.34. The van der Waals surface area contributed by atoms with Crippen LogP contribution in [0, 0.1) is 0 Å². The van der Waals surface area contributed by atoms with E-state index < -0.39 is 0 Å². The highest BCUT2D eigenvalue weighted by atomic mass is 16.5. The largest absolute Gasteiger partial charge is 0.497 e. The fourth-order valence-electron chi connectivity index (χ4n) is 2.81. The van der Waals surface area contributed by atoms with Crippen molar-refractivity contribution in [1.29, 1.82) is 0 Å². The molecule has 1 aliphatic heterocycles. The number of nitrogens with one attached hydrogen (secondary N) is 2. The maximum atomic E-state index is 5.22. The topological polar surface area (TPSA) is 52.1 Å². The number of ether oxygens (including phenoxy) is 1. The molecule has 0 bridgehead atoms. The standard InChI is InChI=1S/C17H29N5O/c1-18-17(19-2)20-9-4-10-21-11-13-22(14-12-21)15-5-7-16(23-3)8-6-15/h5-8H,4,9-14H2,1-3H3,(H2,18,19,20). The van der Waals surface area contributed by atoms with Crippen molar-refractivity contribution in [3.05, 3.63) is 24.3 Å². The van der Waals surface area contributed by atoms with Gasteiger partial charge in [0.15, 0.2) is 5.96 Å². The minimum Gasteiger partial charge on any atom is -0.497 e. The van der Waals surface area contributed by atoms with Gasteiger partial charge in [0.1, 0.15) is 5.75 Å². The number of rotatable bonds is 6. The van der Waals surface area contributed by atoms with Crippen LogP contribution in [0.3, 0.4) is 0 Å². The van der Waals surface area contributed by atoms with Crippen molar-refractivity contribution >= 4 is 11.6 Å². The van der Waals surface area contributed by atoms with Gasteiger partial charge in [-0.25, -0.2) is 0 Å². The molecule has 1 fully saturated rings. The van der Waals surface area contributed by atoms with Crippen molar-refractivity contribution < 1.29 is 4.74 Å². The normalized spacial score (nSPS) is 16.3. The number of anilines is 1. The van der Waals surface area contributed by atoms with E-state index in [1.54, 1.807) is 14.2 Å². The first kappa shape index (κ1) is 17.4. The molecule has 6 nitrogen and oxygen atoms in total. The van der Waals surface area contributed by atoms with Gasteiger partial charge in [-0.1, -0.05) is 0 Å². The van der Waals surface area contributed by atoms with E-state index in [1.807, 2.05) is 19.2 Å². The van der Waals surface area contributed by atoms with Crippen LogP contribution in [0.2, 0.25) is 0 Å². The molecule has 2 N–H and O–H groups in total. The Bertz CT molecular complexity index is 480. The molecule has 128 valence electrons. The molecule has 1 heterocycles.